The highest BCUT2D eigenvalue weighted by molar-refractivity contribution is 5.94. The van der Waals surface area contributed by atoms with Gasteiger partial charge in [-0.3, -0.25) is 19.2 Å². The third-order valence-corrected chi connectivity index (χ3v) is 4.73. The van der Waals surface area contributed by atoms with Crippen molar-refractivity contribution >= 4 is 23.6 Å². The van der Waals surface area contributed by atoms with Gasteiger partial charge in [-0.1, -0.05) is 13.8 Å². The van der Waals surface area contributed by atoms with E-state index in [4.69, 9.17) is 11.5 Å². The lowest BCUT2D eigenvalue weighted by atomic mass is 10.0. The number of carbonyl (C=O) groups excluding carboxylic acids is 4. The first-order valence-corrected chi connectivity index (χ1v) is 9.56. The van der Waals surface area contributed by atoms with Crippen LogP contribution in [0.5, 0.6) is 0 Å². The van der Waals surface area contributed by atoms with Gasteiger partial charge in [-0.15, -0.1) is 0 Å². The predicted octanol–water partition coefficient (Wildman–Crippen LogP) is -0.763. The van der Waals surface area contributed by atoms with Crippen molar-refractivity contribution < 1.29 is 19.2 Å². The van der Waals surface area contributed by atoms with E-state index in [9.17, 15) is 19.2 Å². The van der Waals surface area contributed by atoms with Crippen LogP contribution in [0.2, 0.25) is 0 Å². The fourth-order valence-corrected chi connectivity index (χ4v) is 3.31. The average molecular weight is 383 g/mol. The molecule has 4 amide bonds. The Morgan fingerprint density at radius 1 is 1.15 bits per heavy atom. The van der Waals surface area contributed by atoms with Crippen LogP contribution in [0.3, 0.4) is 0 Å². The molecular formula is C18H33N5O4. The Morgan fingerprint density at radius 2 is 1.81 bits per heavy atom. The summed E-state index contributed by atoms with van der Waals surface area (Å²) in [7, 11) is 0. The minimum Gasteiger partial charge on any atom is -0.368 e. The predicted molar refractivity (Wildman–Crippen MR) is 101 cm³/mol. The summed E-state index contributed by atoms with van der Waals surface area (Å²) < 4.78 is 0. The quantitative estimate of drug-likeness (QED) is 0.366. The molecule has 1 saturated heterocycles. The van der Waals surface area contributed by atoms with Gasteiger partial charge in [-0.05, 0) is 44.6 Å². The molecule has 0 unspecified atom stereocenters. The maximum absolute atomic E-state index is 13.0. The van der Waals surface area contributed by atoms with Crippen LogP contribution in [0.1, 0.15) is 52.9 Å². The van der Waals surface area contributed by atoms with Gasteiger partial charge in [0.05, 0.1) is 0 Å². The summed E-state index contributed by atoms with van der Waals surface area (Å²) in [6.45, 7) is 5.89. The molecule has 0 aromatic rings. The molecule has 0 saturated carbocycles. The van der Waals surface area contributed by atoms with E-state index in [0.29, 0.717) is 38.8 Å². The van der Waals surface area contributed by atoms with Crippen molar-refractivity contribution in [1.82, 2.24) is 15.5 Å². The third kappa shape index (κ3) is 6.82. The van der Waals surface area contributed by atoms with Crippen LogP contribution in [-0.4, -0.2) is 59.7 Å². The molecule has 0 aromatic heterocycles. The van der Waals surface area contributed by atoms with Gasteiger partial charge >= 0.3 is 0 Å². The second kappa shape index (κ2) is 10.9. The standard InChI is InChI=1S/C18H33N5O4/c1-11(2)15(16(20)25)22-17(26)14-8-6-10-23(14)18(27)13(21-12(3)24)7-4-5-9-19/h11,13-15H,4-10,19H2,1-3H3,(H2,20,25)(H,21,24)(H,22,26)/t13-,14-,15+/m0/s1. The molecule has 9 nitrogen and oxygen atoms in total. The first-order valence-electron chi connectivity index (χ1n) is 9.56. The molecule has 1 rings (SSSR count). The second-order valence-electron chi connectivity index (χ2n) is 7.36. The van der Waals surface area contributed by atoms with Crippen molar-refractivity contribution in [3.63, 3.8) is 0 Å². The van der Waals surface area contributed by atoms with Gasteiger partial charge in [0.1, 0.15) is 18.1 Å². The number of nitrogens with one attached hydrogen (secondary N) is 2. The van der Waals surface area contributed by atoms with Crippen molar-refractivity contribution in [2.45, 2.75) is 71.0 Å². The number of nitrogens with two attached hydrogens (primary N) is 2. The highest BCUT2D eigenvalue weighted by atomic mass is 16.2. The molecule has 0 radical (unpaired) electrons. The zero-order chi connectivity index (χ0) is 20.6. The maximum Gasteiger partial charge on any atom is 0.245 e. The molecule has 1 heterocycles. The molecule has 1 fully saturated rings. The number of hydrogen-bond acceptors (Lipinski definition) is 5. The van der Waals surface area contributed by atoms with Crippen LogP contribution < -0.4 is 22.1 Å². The lowest BCUT2D eigenvalue weighted by molar-refractivity contribution is -0.142. The lowest BCUT2D eigenvalue weighted by Gasteiger charge is -2.30. The first-order chi connectivity index (χ1) is 12.7. The monoisotopic (exact) mass is 383 g/mol. The molecule has 1 aliphatic heterocycles. The summed E-state index contributed by atoms with van der Waals surface area (Å²) in [5.74, 6) is -1.72. The molecule has 0 spiro atoms. The number of unbranched alkanes of at least 4 members (excludes halogenated alkanes) is 1. The van der Waals surface area contributed by atoms with E-state index in [1.165, 1.54) is 11.8 Å². The third-order valence-electron chi connectivity index (χ3n) is 4.73. The van der Waals surface area contributed by atoms with Crippen molar-refractivity contribution in [2.75, 3.05) is 13.1 Å². The number of nitrogens with zero attached hydrogens (tertiary/aromatic N) is 1. The van der Waals surface area contributed by atoms with Gasteiger partial charge in [-0.2, -0.15) is 0 Å². The Hall–Kier alpha value is -2.16. The molecule has 9 heteroatoms. The molecule has 0 bridgehead atoms. The summed E-state index contributed by atoms with van der Waals surface area (Å²) in [6, 6.07) is -2.13. The maximum atomic E-state index is 13.0. The number of primary amides is 1. The fraction of sp³-hybridized carbons (Fsp3) is 0.778. The van der Waals surface area contributed by atoms with E-state index in [0.717, 1.165) is 6.42 Å². The van der Waals surface area contributed by atoms with Crippen molar-refractivity contribution in [2.24, 2.45) is 17.4 Å². The normalized spacial score (nSPS) is 18.9. The van der Waals surface area contributed by atoms with Crippen molar-refractivity contribution in [1.29, 1.82) is 0 Å². The van der Waals surface area contributed by atoms with Crippen LogP contribution in [0.4, 0.5) is 0 Å². The SMILES string of the molecule is CC(=O)N[C@@H](CCCCN)C(=O)N1CCC[C@H]1C(=O)N[C@@H](C(N)=O)C(C)C. The Kier molecular flexibility index (Phi) is 9.20. The zero-order valence-electron chi connectivity index (χ0n) is 16.5. The topological polar surface area (TPSA) is 148 Å². The first kappa shape index (κ1) is 22.9. The Labute approximate surface area is 160 Å². The molecule has 154 valence electrons. The van der Waals surface area contributed by atoms with Gasteiger partial charge in [0, 0.05) is 13.5 Å². The van der Waals surface area contributed by atoms with Crippen molar-refractivity contribution in [3.8, 4) is 0 Å². The van der Waals surface area contributed by atoms with E-state index in [1.54, 1.807) is 13.8 Å². The van der Waals surface area contributed by atoms with Crippen molar-refractivity contribution in [3.05, 3.63) is 0 Å². The van der Waals surface area contributed by atoms with Gasteiger partial charge in [0.15, 0.2) is 0 Å². The van der Waals surface area contributed by atoms with E-state index >= 15 is 0 Å². The molecule has 27 heavy (non-hydrogen) atoms. The highest BCUT2D eigenvalue weighted by Crippen LogP contribution is 2.20. The number of rotatable bonds is 10. The summed E-state index contributed by atoms with van der Waals surface area (Å²) in [4.78, 5) is 50.1. The van der Waals surface area contributed by atoms with Crippen LogP contribution in [0.25, 0.3) is 0 Å². The highest BCUT2D eigenvalue weighted by Gasteiger charge is 2.38. The van der Waals surface area contributed by atoms with Gasteiger partial charge in [-0.25, -0.2) is 0 Å². The van der Waals surface area contributed by atoms with E-state index in [1.807, 2.05) is 0 Å². The van der Waals surface area contributed by atoms with Crippen LogP contribution in [0, 0.1) is 5.92 Å². The number of carbonyl (C=O) groups is 4. The summed E-state index contributed by atoms with van der Waals surface area (Å²) in [5, 5.41) is 5.34. The number of likely N-dealkylation sites (tertiary alicyclic amines) is 1. The minimum atomic E-state index is -0.786. The molecule has 6 N–H and O–H groups in total. The van der Waals surface area contributed by atoms with E-state index < -0.39 is 24.0 Å². The zero-order valence-corrected chi connectivity index (χ0v) is 16.5. The van der Waals surface area contributed by atoms with Gasteiger partial charge < -0.3 is 27.0 Å². The smallest absolute Gasteiger partial charge is 0.245 e. The van der Waals surface area contributed by atoms with Gasteiger partial charge in [0.25, 0.3) is 0 Å². The second-order valence-corrected chi connectivity index (χ2v) is 7.36. The molecule has 0 aliphatic carbocycles. The largest absolute Gasteiger partial charge is 0.368 e. The molecule has 0 aromatic carbocycles. The van der Waals surface area contributed by atoms with Crippen LogP contribution in [0.15, 0.2) is 0 Å². The Morgan fingerprint density at radius 3 is 2.33 bits per heavy atom. The Balaban J connectivity index is 2.85. The fourth-order valence-electron chi connectivity index (χ4n) is 3.31. The van der Waals surface area contributed by atoms with E-state index in [-0.39, 0.29) is 23.6 Å². The molecule has 3 atom stereocenters. The van der Waals surface area contributed by atoms with E-state index in [2.05, 4.69) is 10.6 Å². The van der Waals surface area contributed by atoms with Crippen LogP contribution >= 0.6 is 0 Å². The molecular weight excluding hydrogens is 350 g/mol. The summed E-state index contributed by atoms with van der Waals surface area (Å²) in [5.41, 5.74) is 10.9. The lowest BCUT2D eigenvalue weighted by Crippen LogP contribution is -2.56. The number of hydrogen-bond donors (Lipinski definition) is 4. The summed E-state index contributed by atoms with van der Waals surface area (Å²) >= 11 is 0. The van der Waals surface area contributed by atoms with Gasteiger partial charge in [0.2, 0.25) is 23.6 Å². The average Bonchev–Trinajstić information content (AvgIpc) is 3.06. The summed E-state index contributed by atoms with van der Waals surface area (Å²) in [6.07, 6.45) is 3.12. The Bertz CT molecular complexity index is 552. The minimum absolute atomic E-state index is 0.152. The van der Waals surface area contributed by atoms with Crippen LogP contribution in [-0.2, 0) is 19.2 Å². The number of amides is 4. The molecule has 1 aliphatic rings.